The highest BCUT2D eigenvalue weighted by Gasteiger charge is 2.26. The number of aromatic nitrogens is 4. The highest BCUT2D eigenvalue weighted by Crippen LogP contribution is 2.35. The van der Waals surface area contributed by atoms with Crippen molar-refractivity contribution in [2.75, 3.05) is 7.05 Å². The number of rotatable bonds is 5. The van der Waals surface area contributed by atoms with Crippen LogP contribution in [0.1, 0.15) is 52.3 Å². The van der Waals surface area contributed by atoms with Gasteiger partial charge in [0, 0.05) is 17.8 Å². The maximum Gasteiger partial charge on any atom is 0.274 e. The summed E-state index contributed by atoms with van der Waals surface area (Å²) in [6.07, 6.45) is 3.43. The van der Waals surface area contributed by atoms with Crippen LogP contribution in [-0.2, 0) is 6.54 Å². The van der Waals surface area contributed by atoms with Gasteiger partial charge in [0.05, 0.1) is 17.1 Å². The molecule has 0 aromatic carbocycles. The molecule has 130 valence electrons. The van der Waals surface area contributed by atoms with Crippen molar-refractivity contribution in [1.82, 2.24) is 25.2 Å². The summed E-state index contributed by atoms with van der Waals surface area (Å²) in [5, 5.41) is 11.1. The summed E-state index contributed by atoms with van der Waals surface area (Å²) in [4.78, 5) is 20.8. The molecule has 3 heterocycles. The number of hydrogen-bond donors (Lipinski definition) is 1. The van der Waals surface area contributed by atoms with Gasteiger partial charge in [-0.25, -0.2) is 0 Å². The molecule has 4 rings (SSSR count). The van der Waals surface area contributed by atoms with Crippen LogP contribution < -0.4 is 0 Å². The summed E-state index contributed by atoms with van der Waals surface area (Å²) in [5.74, 6) is 1.44. The van der Waals surface area contributed by atoms with Crippen molar-refractivity contribution < 1.29 is 9.32 Å². The average molecular weight is 357 g/mol. The SMILES string of the molecule is Cc1ccc(-c2cc(C(=O)N(C)Cc3noc(C4CCC4)n3)n[nH]2)s1. The first kappa shape index (κ1) is 16.0. The summed E-state index contributed by atoms with van der Waals surface area (Å²) < 4.78 is 5.30. The molecular weight excluding hydrogens is 338 g/mol. The molecule has 0 aliphatic heterocycles. The van der Waals surface area contributed by atoms with Gasteiger partial charge < -0.3 is 9.42 Å². The number of aryl methyl sites for hydroxylation is 1. The van der Waals surface area contributed by atoms with E-state index in [2.05, 4.69) is 20.3 Å². The van der Waals surface area contributed by atoms with Crippen molar-refractivity contribution in [2.45, 2.75) is 38.6 Å². The number of amides is 1. The van der Waals surface area contributed by atoms with E-state index >= 15 is 0 Å². The Morgan fingerprint density at radius 2 is 2.28 bits per heavy atom. The first-order chi connectivity index (χ1) is 12.1. The molecule has 3 aromatic heterocycles. The maximum atomic E-state index is 12.6. The largest absolute Gasteiger partial charge is 0.339 e. The second-order valence-corrected chi connectivity index (χ2v) is 7.70. The number of nitrogens with one attached hydrogen (secondary N) is 1. The maximum absolute atomic E-state index is 12.6. The number of thiophene rings is 1. The van der Waals surface area contributed by atoms with E-state index in [1.165, 1.54) is 11.3 Å². The molecule has 0 unspecified atom stereocenters. The first-order valence-electron chi connectivity index (χ1n) is 8.30. The van der Waals surface area contributed by atoms with Crippen LogP contribution >= 0.6 is 11.3 Å². The highest BCUT2D eigenvalue weighted by atomic mass is 32.1. The fraction of sp³-hybridized carbons (Fsp3) is 0.412. The molecule has 1 fully saturated rings. The third-order valence-electron chi connectivity index (χ3n) is 4.47. The summed E-state index contributed by atoms with van der Waals surface area (Å²) in [7, 11) is 1.71. The van der Waals surface area contributed by atoms with Gasteiger partial charge in [-0.2, -0.15) is 10.1 Å². The van der Waals surface area contributed by atoms with Gasteiger partial charge in [-0.3, -0.25) is 9.89 Å². The van der Waals surface area contributed by atoms with E-state index in [0.29, 0.717) is 29.9 Å². The van der Waals surface area contributed by atoms with Crippen LogP contribution in [0.15, 0.2) is 22.7 Å². The zero-order valence-corrected chi connectivity index (χ0v) is 15.0. The number of carbonyl (C=O) groups excluding carboxylic acids is 1. The third kappa shape index (κ3) is 3.21. The van der Waals surface area contributed by atoms with E-state index in [-0.39, 0.29) is 5.91 Å². The Kier molecular flexibility index (Phi) is 4.12. The molecule has 1 N–H and O–H groups in total. The van der Waals surface area contributed by atoms with Gasteiger partial charge in [0.2, 0.25) is 5.89 Å². The molecular formula is C17H19N5O2S. The molecule has 0 spiro atoms. The second-order valence-electron chi connectivity index (χ2n) is 6.42. The fourth-order valence-corrected chi connectivity index (χ4v) is 3.60. The van der Waals surface area contributed by atoms with Crippen LogP contribution in [0.3, 0.4) is 0 Å². The topological polar surface area (TPSA) is 87.9 Å². The van der Waals surface area contributed by atoms with Crippen molar-refractivity contribution in [1.29, 1.82) is 0 Å². The minimum absolute atomic E-state index is 0.175. The lowest BCUT2D eigenvalue weighted by Gasteiger charge is -2.20. The Hall–Kier alpha value is -2.48. The van der Waals surface area contributed by atoms with E-state index in [4.69, 9.17) is 4.52 Å². The Balaban J connectivity index is 1.43. The molecule has 1 aliphatic carbocycles. The van der Waals surface area contributed by atoms with Crippen molar-refractivity contribution in [2.24, 2.45) is 0 Å². The molecule has 1 aliphatic rings. The van der Waals surface area contributed by atoms with Gasteiger partial charge in [0.15, 0.2) is 11.5 Å². The molecule has 1 amide bonds. The quantitative estimate of drug-likeness (QED) is 0.756. The van der Waals surface area contributed by atoms with Crippen molar-refractivity contribution >= 4 is 17.2 Å². The number of aromatic amines is 1. The number of H-pyrrole nitrogens is 1. The first-order valence-corrected chi connectivity index (χ1v) is 9.12. The molecule has 0 radical (unpaired) electrons. The van der Waals surface area contributed by atoms with E-state index in [1.54, 1.807) is 29.4 Å². The number of hydrogen-bond acceptors (Lipinski definition) is 6. The fourth-order valence-electron chi connectivity index (χ4n) is 2.77. The van der Waals surface area contributed by atoms with Gasteiger partial charge in [0.25, 0.3) is 5.91 Å². The molecule has 1 saturated carbocycles. The molecule has 25 heavy (non-hydrogen) atoms. The number of carbonyl (C=O) groups is 1. The van der Waals surface area contributed by atoms with E-state index in [9.17, 15) is 4.79 Å². The van der Waals surface area contributed by atoms with Crippen molar-refractivity contribution in [3.8, 4) is 10.6 Å². The highest BCUT2D eigenvalue weighted by molar-refractivity contribution is 7.15. The molecule has 7 nitrogen and oxygen atoms in total. The summed E-state index contributed by atoms with van der Waals surface area (Å²) in [5.41, 5.74) is 1.23. The summed E-state index contributed by atoms with van der Waals surface area (Å²) >= 11 is 1.66. The standard InChI is InChI=1S/C17H19N5O2S/c1-10-6-7-14(25-10)12-8-13(20-19-12)17(23)22(2)9-15-18-16(24-21-15)11-4-3-5-11/h6-8,11H,3-5,9H2,1-2H3,(H,19,20). The van der Waals surface area contributed by atoms with Gasteiger partial charge >= 0.3 is 0 Å². The minimum atomic E-state index is -0.175. The summed E-state index contributed by atoms with van der Waals surface area (Å²) in [6.45, 7) is 2.35. The van der Waals surface area contributed by atoms with Crippen LogP contribution in [0.25, 0.3) is 10.6 Å². The monoisotopic (exact) mass is 357 g/mol. The molecule has 8 heteroatoms. The predicted octanol–water partition coefficient (Wildman–Crippen LogP) is 3.37. The minimum Gasteiger partial charge on any atom is -0.339 e. The Morgan fingerprint density at radius 3 is 2.96 bits per heavy atom. The lowest BCUT2D eigenvalue weighted by atomic mass is 9.85. The van der Waals surface area contributed by atoms with Crippen LogP contribution in [-0.4, -0.2) is 38.2 Å². The van der Waals surface area contributed by atoms with E-state index < -0.39 is 0 Å². The van der Waals surface area contributed by atoms with Gasteiger partial charge in [0.1, 0.15) is 0 Å². The average Bonchev–Trinajstić information content (AvgIpc) is 3.25. The van der Waals surface area contributed by atoms with Crippen LogP contribution in [0.4, 0.5) is 0 Å². The number of nitrogens with zero attached hydrogens (tertiary/aromatic N) is 4. The van der Waals surface area contributed by atoms with Crippen molar-refractivity contribution in [3.63, 3.8) is 0 Å². The van der Waals surface area contributed by atoms with Crippen molar-refractivity contribution in [3.05, 3.63) is 40.5 Å². The molecule has 0 bridgehead atoms. The van der Waals surface area contributed by atoms with E-state index in [1.807, 2.05) is 19.1 Å². The second kappa shape index (κ2) is 6.44. The molecule has 3 aromatic rings. The summed E-state index contributed by atoms with van der Waals surface area (Å²) in [6, 6.07) is 5.84. The lowest BCUT2D eigenvalue weighted by molar-refractivity contribution is 0.0774. The Morgan fingerprint density at radius 1 is 1.44 bits per heavy atom. The molecule has 0 atom stereocenters. The van der Waals surface area contributed by atoms with Crippen LogP contribution in [0.2, 0.25) is 0 Å². The van der Waals surface area contributed by atoms with Gasteiger partial charge in [-0.05, 0) is 38.0 Å². The Bertz CT molecular complexity index is 892. The smallest absolute Gasteiger partial charge is 0.274 e. The predicted molar refractivity (Wildman–Crippen MR) is 93.3 cm³/mol. The van der Waals surface area contributed by atoms with E-state index in [0.717, 1.165) is 23.4 Å². The van der Waals surface area contributed by atoms with Gasteiger partial charge in [-0.1, -0.05) is 11.6 Å². The van der Waals surface area contributed by atoms with Crippen LogP contribution in [0.5, 0.6) is 0 Å². The zero-order valence-electron chi connectivity index (χ0n) is 14.2. The van der Waals surface area contributed by atoms with Crippen LogP contribution in [0, 0.1) is 6.92 Å². The lowest BCUT2D eigenvalue weighted by Crippen LogP contribution is -2.27. The Labute approximate surface area is 149 Å². The third-order valence-corrected chi connectivity index (χ3v) is 5.50. The molecule has 0 saturated heterocycles. The normalized spacial score (nSPS) is 14.5. The van der Waals surface area contributed by atoms with Gasteiger partial charge in [-0.15, -0.1) is 11.3 Å². The zero-order chi connectivity index (χ0) is 17.4.